The van der Waals surface area contributed by atoms with Crippen LogP contribution in [0.5, 0.6) is 0 Å². The number of hydrogen-bond acceptors (Lipinski definition) is 2. The first-order valence-corrected chi connectivity index (χ1v) is 5.05. The van der Waals surface area contributed by atoms with E-state index in [-0.39, 0.29) is 0 Å². The molecule has 66 valence electrons. The lowest BCUT2D eigenvalue weighted by Crippen LogP contribution is -2.58. The molecule has 1 aliphatic carbocycles. The highest BCUT2D eigenvalue weighted by Crippen LogP contribution is 2.41. The van der Waals surface area contributed by atoms with Crippen molar-refractivity contribution in [3.63, 3.8) is 0 Å². The summed E-state index contributed by atoms with van der Waals surface area (Å²) >= 11 is 0. The molecule has 12 heavy (non-hydrogen) atoms. The molecule has 4 aliphatic rings. The first kappa shape index (κ1) is 7.07. The molecule has 0 radical (unpaired) electrons. The average Bonchev–Trinajstić information content (AvgIpc) is 2.02. The standard InChI is InChI=1S/C10H16N2/c1-11-10-8-2-7-3-9(10)6-12(4-7)5-8/h7-9H,2-6H2,1H3. The van der Waals surface area contributed by atoms with Crippen molar-refractivity contribution in [1.82, 2.24) is 4.90 Å². The SMILES string of the molecule is CN=C1C2CC3CC1CN(C3)C2. The van der Waals surface area contributed by atoms with Crippen LogP contribution in [0.1, 0.15) is 12.8 Å². The van der Waals surface area contributed by atoms with Crippen molar-refractivity contribution in [2.45, 2.75) is 12.8 Å². The molecule has 3 saturated heterocycles. The van der Waals surface area contributed by atoms with Gasteiger partial charge in [-0.3, -0.25) is 4.99 Å². The molecule has 2 atom stereocenters. The maximum absolute atomic E-state index is 4.48. The molecule has 2 unspecified atom stereocenters. The molecule has 4 fully saturated rings. The van der Waals surface area contributed by atoms with Crippen molar-refractivity contribution in [1.29, 1.82) is 0 Å². The van der Waals surface area contributed by atoms with Gasteiger partial charge in [0.15, 0.2) is 0 Å². The Morgan fingerprint density at radius 1 is 1.17 bits per heavy atom. The smallest absolute Gasteiger partial charge is 0.0276 e. The highest BCUT2D eigenvalue weighted by Gasteiger charge is 2.44. The minimum Gasteiger partial charge on any atom is -0.302 e. The van der Waals surface area contributed by atoms with Crippen molar-refractivity contribution in [2.24, 2.45) is 22.7 Å². The summed E-state index contributed by atoms with van der Waals surface area (Å²) in [6.45, 7) is 3.99. The fourth-order valence-electron chi connectivity index (χ4n) is 3.54. The van der Waals surface area contributed by atoms with Gasteiger partial charge in [0.2, 0.25) is 0 Å². The van der Waals surface area contributed by atoms with Crippen LogP contribution in [0.25, 0.3) is 0 Å². The van der Waals surface area contributed by atoms with Crippen LogP contribution in [0.4, 0.5) is 0 Å². The van der Waals surface area contributed by atoms with E-state index in [4.69, 9.17) is 0 Å². The molecule has 2 nitrogen and oxygen atoms in total. The molecule has 0 aromatic heterocycles. The van der Waals surface area contributed by atoms with Gasteiger partial charge >= 0.3 is 0 Å². The molecule has 0 spiro atoms. The van der Waals surface area contributed by atoms with Gasteiger partial charge in [-0.2, -0.15) is 0 Å². The largest absolute Gasteiger partial charge is 0.302 e. The lowest BCUT2D eigenvalue weighted by Gasteiger charge is -2.52. The first-order chi connectivity index (χ1) is 5.86. The average molecular weight is 164 g/mol. The third kappa shape index (κ3) is 0.817. The van der Waals surface area contributed by atoms with Crippen molar-refractivity contribution < 1.29 is 0 Å². The Kier molecular flexibility index (Phi) is 1.37. The second-order valence-corrected chi connectivity index (χ2v) is 4.60. The fourth-order valence-corrected chi connectivity index (χ4v) is 3.54. The summed E-state index contributed by atoms with van der Waals surface area (Å²) in [5.74, 6) is 2.68. The fraction of sp³-hybridized carbons (Fsp3) is 0.900. The molecule has 0 amide bonds. The number of aliphatic imine (C=N–C) groups is 1. The summed E-state index contributed by atoms with van der Waals surface area (Å²) in [5, 5.41) is 0. The van der Waals surface area contributed by atoms with E-state index in [1.807, 2.05) is 7.05 Å². The van der Waals surface area contributed by atoms with Gasteiger partial charge in [-0.15, -0.1) is 0 Å². The van der Waals surface area contributed by atoms with E-state index in [0.717, 1.165) is 17.8 Å². The summed E-state index contributed by atoms with van der Waals surface area (Å²) < 4.78 is 0. The van der Waals surface area contributed by atoms with E-state index >= 15 is 0 Å². The van der Waals surface area contributed by atoms with Gasteiger partial charge in [-0.1, -0.05) is 0 Å². The zero-order valence-corrected chi connectivity index (χ0v) is 7.66. The highest BCUT2D eigenvalue weighted by molar-refractivity contribution is 5.91. The topological polar surface area (TPSA) is 15.6 Å². The Balaban J connectivity index is 1.95. The summed E-state index contributed by atoms with van der Waals surface area (Å²) in [5.41, 5.74) is 1.54. The van der Waals surface area contributed by atoms with Gasteiger partial charge in [-0.25, -0.2) is 0 Å². The van der Waals surface area contributed by atoms with Gasteiger partial charge in [0, 0.05) is 44.2 Å². The molecule has 0 aromatic rings. The van der Waals surface area contributed by atoms with E-state index in [0.29, 0.717) is 0 Å². The predicted octanol–water partition coefficient (Wildman–Crippen LogP) is 1.03. The van der Waals surface area contributed by atoms with E-state index in [9.17, 15) is 0 Å². The lowest BCUT2D eigenvalue weighted by molar-refractivity contribution is 0.0568. The molecular weight excluding hydrogens is 148 g/mol. The van der Waals surface area contributed by atoms with Gasteiger partial charge in [0.1, 0.15) is 0 Å². The first-order valence-electron chi connectivity index (χ1n) is 5.05. The Bertz CT molecular complexity index is 202. The normalized spacial score (nSPS) is 49.9. The Labute approximate surface area is 73.7 Å². The Morgan fingerprint density at radius 3 is 2.33 bits per heavy atom. The highest BCUT2D eigenvalue weighted by atomic mass is 15.2. The van der Waals surface area contributed by atoms with Gasteiger partial charge < -0.3 is 4.90 Å². The van der Waals surface area contributed by atoms with Crippen molar-refractivity contribution in [3.8, 4) is 0 Å². The van der Waals surface area contributed by atoms with Crippen LogP contribution in [0.2, 0.25) is 0 Å². The van der Waals surface area contributed by atoms with E-state index in [2.05, 4.69) is 9.89 Å². The van der Waals surface area contributed by atoms with Crippen molar-refractivity contribution >= 4 is 5.71 Å². The van der Waals surface area contributed by atoms with Crippen LogP contribution < -0.4 is 0 Å². The molecule has 2 heteroatoms. The molecule has 0 aromatic carbocycles. The molecule has 3 aliphatic heterocycles. The molecular formula is C10H16N2. The van der Waals surface area contributed by atoms with E-state index < -0.39 is 0 Å². The summed E-state index contributed by atoms with van der Waals surface area (Å²) in [4.78, 5) is 7.12. The van der Waals surface area contributed by atoms with Crippen molar-refractivity contribution in [2.75, 3.05) is 26.7 Å². The number of nitrogens with zero attached hydrogens (tertiary/aromatic N) is 2. The van der Waals surface area contributed by atoms with E-state index in [1.165, 1.54) is 32.5 Å². The van der Waals surface area contributed by atoms with Crippen LogP contribution >= 0.6 is 0 Å². The minimum absolute atomic E-state index is 0.834. The minimum atomic E-state index is 0.834. The molecule has 1 saturated carbocycles. The second kappa shape index (κ2) is 2.32. The maximum Gasteiger partial charge on any atom is 0.0276 e. The van der Waals surface area contributed by atoms with Crippen LogP contribution in [0, 0.1) is 17.8 Å². The van der Waals surface area contributed by atoms with Crippen molar-refractivity contribution in [3.05, 3.63) is 0 Å². The second-order valence-electron chi connectivity index (χ2n) is 4.60. The molecule has 0 N–H and O–H groups in total. The maximum atomic E-state index is 4.48. The number of hydrogen-bond donors (Lipinski definition) is 0. The van der Waals surface area contributed by atoms with Gasteiger partial charge in [-0.05, 0) is 18.8 Å². The van der Waals surface area contributed by atoms with E-state index in [1.54, 1.807) is 5.71 Å². The van der Waals surface area contributed by atoms with Gasteiger partial charge in [0.05, 0.1) is 0 Å². The molecule has 3 heterocycles. The quantitative estimate of drug-likeness (QED) is 0.522. The van der Waals surface area contributed by atoms with Crippen LogP contribution in [-0.2, 0) is 0 Å². The summed E-state index contributed by atoms with van der Waals surface area (Å²) in [6.07, 6.45) is 2.86. The lowest BCUT2D eigenvalue weighted by atomic mass is 9.67. The van der Waals surface area contributed by atoms with Crippen LogP contribution in [0.3, 0.4) is 0 Å². The monoisotopic (exact) mass is 164 g/mol. The summed E-state index contributed by atoms with van der Waals surface area (Å²) in [7, 11) is 1.98. The molecule has 4 bridgehead atoms. The van der Waals surface area contributed by atoms with Gasteiger partial charge in [0.25, 0.3) is 0 Å². The number of piperidine rings is 3. The third-order valence-corrected chi connectivity index (χ3v) is 3.80. The Hall–Kier alpha value is -0.370. The third-order valence-electron chi connectivity index (χ3n) is 3.80. The zero-order chi connectivity index (χ0) is 8.13. The van der Waals surface area contributed by atoms with Crippen LogP contribution in [-0.4, -0.2) is 37.3 Å². The number of rotatable bonds is 0. The predicted molar refractivity (Wildman–Crippen MR) is 49.5 cm³/mol. The zero-order valence-electron chi connectivity index (χ0n) is 7.66. The Morgan fingerprint density at radius 2 is 1.83 bits per heavy atom. The van der Waals surface area contributed by atoms with Crippen LogP contribution in [0.15, 0.2) is 4.99 Å². The summed E-state index contributed by atoms with van der Waals surface area (Å²) in [6, 6.07) is 0. The molecule has 4 rings (SSSR count).